The van der Waals surface area contributed by atoms with Crippen LogP contribution < -0.4 is 4.57 Å². The Bertz CT molecular complexity index is 1180. The summed E-state index contributed by atoms with van der Waals surface area (Å²) in [5.74, 6) is 0. The van der Waals surface area contributed by atoms with E-state index in [9.17, 15) is 0 Å². The molecule has 2 aromatic carbocycles. The predicted molar refractivity (Wildman–Crippen MR) is 106 cm³/mol. The van der Waals surface area contributed by atoms with Crippen molar-refractivity contribution in [3.63, 3.8) is 0 Å². The summed E-state index contributed by atoms with van der Waals surface area (Å²) in [7, 11) is 0. The van der Waals surface area contributed by atoms with Gasteiger partial charge in [0.1, 0.15) is 12.2 Å². The molecule has 130 valence electrons. The third-order valence-electron chi connectivity index (χ3n) is 5.62. The van der Waals surface area contributed by atoms with E-state index < -0.39 is 0 Å². The maximum absolute atomic E-state index is 4.70. The van der Waals surface area contributed by atoms with E-state index in [1.54, 1.807) is 0 Å². The molecule has 3 nitrogen and oxygen atoms in total. The summed E-state index contributed by atoms with van der Waals surface area (Å²) in [6.45, 7) is 10.8. The van der Waals surface area contributed by atoms with Crippen LogP contribution in [0.2, 0.25) is 0 Å². The summed E-state index contributed by atoms with van der Waals surface area (Å²) in [6.07, 6.45) is 2.01. The Labute approximate surface area is 153 Å². The summed E-state index contributed by atoms with van der Waals surface area (Å²) in [4.78, 5) is 4.70. The zero-order valence-corrected chi connectivity index (χ0v) is 15.9. The number of aryl methyl sites for hydroxylation is 1. The van der Waals surface area contributed by atoms with Crippen LogP contribution in [0.15, 0.2) is 48.8 Å². The second-order valence-electron chi connectivity index (χ2n) is 8.33. The average Bonchev–Trinajstić information content (AvgIpc) is 3.13. The Balaban J connectivity index is 1.82. The lowest BCUT2D eigenvalue weighted by Gasteiger charge is -2.13. The second-order valence-corrected chi connectivity index (χ2v) is 8.33. The van der Waals surface area contributed by atoms with Crippen LogP contribution in [0, 0.1) is 0 Å². The Morgan fingerprint density at radius 2 is 1.85 bits per heavy atom. The first kappa shape index (κ1) is 15.6. The number of nitrogens with zero attached hydrogens (tertiary/aromatic N) is 3. The second kappa shape index (κ2) is 5.16. The molecule has 1 aliphatic heterocycles. The summed E-state index contributed by atoms with van der Waals surface area (Å²) < 4.78 is 4.70. The van der Waals surface area contributed by atoms with Gasteiger partial charge in [0, 0.05) is 51.0 Å². The fourth-order valence-corrected chi connectivity index (χ4v) is 4.24. The van der Waals surface area contributed by atoms with Crippen LogP contribution in [-0.2, 0) is 18.5 Å². The molecule has 0 atom stereocenters. The molecular formula is C23H24N3+. The molecule has 0 aliphatic carbocycles. The van der Waals surface area contributed by atoms with Crippen molar-refractivity contribution < 1.29 is 4.57 Å². The Morgan fingerprint density at radius 1 is 1.04 bits per heavy atom. The van der Waals surface area contributed by atoms with Gasteiger partial charge in [-0.2, -0.15) is 0 Å². The summed E-state index contributed by atoms with van der Waals surface area (Å²) in [6, 6.07) is 15.8. The number of rotatable bonds is 1. The van der Waals surface area contributed by atoms with Gasteiger partial charge in [-0.1, -0.05) is 44.0 Å². The van der Waals surface area contributed by atoms with Crippen LogP contribution in [0.5, 0.6) is 0 Å². The minimum Gasteiger partial charge on any atom is -0.341 e. The topological polar surface area (TPSA) is 21.7 Å². The third-order valence-corrected chi connectivity index (χ3v) is 5.62. The van der Waals surface area contributed by atoms with E-state index >= 15 is 0 Å². The first-order valence-electron chi connectivity index (χ1n) is 9.41. The molecule has 0 spiro atoms. The Kier molecular flexibility index (Phi) is 3.09. The van der Waals surface area contributed by atoms with E-state index in [-0.39, 0.29) is 5.41 Å². The van der Waals surface area contributed by atoms with E-state index in [0.29, 0.717) is 0 Å². The summed E-state index contributed by atoms with van der Waals surface area (Å²) in [5.41, 5.74) is 7.90. The van der Waals surface area contributed by atoms with Gasteiger partial charge >= 0.3 is 0 Å². The van der Waals surface area contributed by atoms with E-state index in [1.165, 1.54) is 38.6 Å². The van der Waals surface area contributed by atoms with Crippen molar-refractivity contribution in [2.24, 2.45) is 0 Å². The van der Waals surface area contributed by atoms with Gasteiger partial charge in [0.25, 0.3) is 6.33 Å². The molecular weight excluding hydrogens is 318 g/mol. The number of benzene rings is 2. The van der Waals surface area contributed by atoms with Crippen LogP contribution >= 0.6 is 0 Å². The number of hydrogen-bond acceptors (Lipinski definition) is 1. The van der Waals surface area contributed by atoms with Crippen molar-refractivity contribution in [3.05, 3.63) is 60.0 Å². The Morgan fingerprint density at radius 3 is 2.62 bits per heavy atom. The highest BCUT2D eigenvalue weighted by Crippen LogP contribution is 2.37. The molecule has 2 aromatic heterocycles. The van der Waals surface area contributed by atoms with E-state index in [2.05, 4.69) is 79.3 Å². The molecule has 4 aromatic rings. The largest absolute Gasteiger partial charge is 0.341 e. The zero-order valence-electron chi connectivity index (χ0n) is 15.9. The SMILES string of the molecule is CCn1c2ccccc2c2cc3c(cc21)C[n+]1cnc(C(C)(C)C)cc1-3. The highest BCUT2D eigenvalue weighted by molar-refractivity contribution is 6.09. The number of hydrogen-bond donors (Lipinski definition) is 0. The monoisotopic (exact) mass is 342 g/mol. The summed E-state index contributed by atoms with van der Waals surface area (Å²) >= 11 is 0. The highest BCUT2D eigenvalue weighted by Gasteiger charge is 2.29. The average molecular weight is 342 g/mol. The van der Waals surface area contributed by atoms with E-state index in [0.717, 1.165) is 18.8 Å². The molecule has 0 bridgehead atoms. The maximum Gasteiger partial charge on any atom is 0.287 e. The van der Waals surface area contributed by atoms with Crippen LogP contribution in [0.1, 0.15) is 39.0 Å². The molecule has 26 heavy (non-hydrogen) atoms. The highest BCUT2D eigenvalue weighted by atomic mass is 15.0. The molecule has 0 saturated heterocycles. The number of aromatic nitrogens is 3. The molecule has 0 saturated carbocycles. The lowest BCUT2D eigenvalue weighted by atomic mass is 9.91. The fourth-order valence-electron chi connectivity index (χ4n) is 4.24. The first-order chi connectivity index (χ1) is 12.5. The fraction of sp³-hybridized carbons (Fsp3) is 0.304. The van der Waals surface area contributed by atoms with Crippen molar-refractivity contribution in [1.82, 2.24) is 9.55 Å². The molecule has 0 radical (unpaired) electrons. The minimum absolute atomic E-state index is 0.0562. The third kappa shape index (κ3) is 2.06. The zero-order chi connectivity index (χ0) is 18.1. The van der Waals surface area contributed by atoms with Crippen molar-refractivity contribution >= 4 is 21.8 Å². The molecule has 1 aliphatic rings. The lowest BCUT2D eigenvalue weighted by Crippen LogP contribution is -2.34. The van der Waals surface area contributed by atoms with Crippen molar-refractivity contribution in [3.8, 4) is 11.3 Å². The van der Waals surface area contributed by atoms with E-state index in [1.807, 2.05) is 6.33 Å². The molecule has 5 rings (SSSR count). The van der Waals surface area contributed by atoms with Gasteiger partial charge in [-0.25, -0.2) is 4.57 Å². The first-order valence-corrected chi connectivity index (χ1v) is 9.41. The van der Waals surface area contributed by atoms with Crippen LogP contribution in [-0.4, -0.2) is 9.55 Å². The normalized spacial score (nSPS) is 13.4. The molecule has 0 unspecified atom stereocenters. The standard InChI is InChI=1S/C23H24N3/c1-5-26-19-9-7-6-8-16(19)18-11-17-15(10-21(18)26)13-25-14-24-22(12-20(17)25)23(2,3)4/h6-12,14H,5,13H2,1-4H3/q+1. The van der Waals surface area contributed by atoms with Gasteiger partial charge in [-0.15, -0.1) is 0 Å². The van der Waals surface area contributed by atoms with Gasteiger partial charge in [-0.3, -0.25) is 0 Å². The molecule has 0 amide bonds. The lowest BCUT2D eigenvalue weighted by molar-refractivity contribution is -0.675. The number of para-hydroxylation sites is 1. The maximum atomic E-state index is 4.70. The minimum atomic E-state index is 0.0562. The van der Waals surface area contributed by atoms with Crippen molar-refractivity contribution in [2.75, 3.05) is 0 Å². The van der Waals surface area contributed by atoms with Gasteiger partial charge in [-0.05, 0) is 25.1 Å². The molecule has 3 heteroatoms. The van der Waals surface area contributed by atoms with Crippen LogP contribution in [0.25, 0.3) is 33.1 Å². The van der Waals surface area contributed by atoms with Crippen molar-refractivity contribution in [1.29, 1.82) is 0 Å². The molecule has 3 heterocycles. The van der Waals surface area contributed by atoms with Crippen LogP contribution in [0.4, 0.5) is 0 Å². The van der Waals surface area contributed by atoms with Gasteiger partial charge in [0.05, 0.1) is 0 Å². The quantitative estimate of drug-likeness (QED) is 0.400. The van der Waals surface area contributed by atoms with Crippen molar-refractivity contribution in [2.45, 2.75) is 46.2 Å². The number of fused-ring (bicyclic) bond motifs is 6. The van der Waals surface area contributed by atoms with Gasteiger partial charge in [0.15, 0.2) is 5.69 Å². The Hall–Kier alpha value is -2.68. The summed E-state index contributed by atoms with van der Waals surface area (Å²) in [5, 5.41) is 2.69. The van der Waals surface area contributed by atoms with Gasteiger partial charge < -0.3 is 4.57 Å². The smallest absolute Gasteiger partial charge is 0.287 e. The molecule has 0 fully saturated rings. The van der Waals surface area contributed by atoms with E-state index in [4.69, 9.17) is 4.98 Å². The van der Waals surface area contributed by atoms with Crippen LogP contribution in [0.3, 0.4) is 0 Å². The molecule has 0 N–H and O–H groups in total. The van der Waals surface area contributed by atoms with Gasteiger partial charge in [0.2, 0.25) is 0 Å². The predicted octanol–water partition coefficient (Wildman–Crippen LogP) is 4.82.